The van der Waals surface area contributed by atoms with Gasteiger partial charge in [0.2, 0.25) is 0 Å². The molecule has 3 nitrogen and oxygen atoms in total. The Bertz CT molecular complexity index is 560. The van der Waals surface area contributed by atoms with Crippen LogP contribution >= 0.6 is 11.6 Å². The first-order valence-corrected chi connectivity index (χ1v) is 8.53. The number of benzene rings is 1. The third-order valence-corrected chi connectivity index (χ3v) is 5.42. The lowest BCUT2D eigenvalue weighted by Gasteiger charge is -2.20. The number of hydrogen-bond acceptors (Lipinski definition) is 3. The largest absolute Gasteiger partial charge is 0.298 e. The molecule has 0 amide bonds. The summed E-state index contributed by atoms with van der Waals surface area (Å²) in [6, 6.07) is 6.07. The van der Waals surface area contributed by atoms with Gasteiger partial charge in [0.05, 0.1) is 4.90 Å². The van der Waals surface area contributed by atoms with Crippen molar-refractivity contribution in [2.75, 3.05) is 5.75 Å². The molecule has 1 aliphatic rings. The third-order valence-electron chi connectivity index (χ3n) is 3.55. The van der Waals surface area contributed by atoms with Gasteiger partial charge in [-0.15, -0.1) is 0 Å². The molecule has 0 unspecified atom stereocenters. The van der Waals surface area contributed by atoms with E-state index in [9.17, 15) is 13.2 Å². The molecule has 0 aliphatic heterocycles. The van der Waals surface area contributed by atoms with Crippen molar-refractivity contribution >= 4 is 27.2 Å². The summed E-state index contributed by atoms with van der Waals surface area (Å²) < 4.78 is 24.3. The van der Waals surface area contributed by atoms with E-state index in [2.05, 4.69) is 0 Å². The zero-order valence-electron chi connectivity index (χ0n) is 10.6. The van der Waals surface area contributed by atoms with Crippen molar-refractivity contribution < 1.29 is 13.2 Å². The summed E-state index contributed by atoms with van der Waals surface area (Å²) in [4.78, 5) is 12.2. The molecule has 1 fully saturated rings. The molecule has 0 spiro atoms. The lowest BCUT2D eigenvalue weighted by atomic mass is 9.87. The van der Waals surface area contributed by atoms with Crippen LogP contribution in [0.1, 0.15) is 32.1 Å². The highest BCUT2D eigenvalue weighted by molar-refractivity contribution is 7.92. The second-order valence-corrected chi connectivity index (χ2v) is 7.44. The molecule has 0 saturated heterocycles. The molecule has 0 bridgehead atoms. The highest BCUT2D eigenvalue weighted by Crippen LogP contribution is 2.26. The molecule has 104 valence electrons. The van der Waals surface area contributed by atoms with E-state index >= 15 is 0 Å². The summed E-state index contributed by atoms with van der Waals surface area (Å²) in [5, 5.41) is 0.367. The molecule has 1 aromatic carbocycles. The number of rotatable bonds is 4. The Hall–Kier alpha value is -0.870. The van der Waals surface area contributed by atoms with Crippen LogP contribution in [0.5, 0.6) is 0 Å². The van der Waals surface area contributed by atoms with Gasteiger partial charge in [0, 0.05) is 10.9 Å². The van der Waals surface area contributed by atoms with Gasteiger partial charge >= 0.3 is 0 Å². The van der Waals surface area contributed by atoms with Crippen LogP contribution in [-0.4, -0.2) is 20.0 Å². The Labute approximate surface area is 118 Å². The minimum atomic E-state index is -3.57. The molecule has 1 aliphatic carbocycles. The zero-order chi connectivity index (χ0) is 13.9. The van der Waals surface area contributed by atoms with Crippen LogP contribution in [0.25, 0.3) is 0 Å². The van der Waals surface area contributed by atoms with Crippen LogP contribution in [-0.2, 0) is 14.6 Å². The second-order valence-electron chi connectivity index (χ2n) is 5.02. The van der Waals surface area contributed by atoms with Gasteiger partial charge in [-0.05, 0) is 31.0 Å². The Balaban J connectivity index is 2.10. The normalized spacial score (nSPS) is 17.3. The Morgan fingerprint density at radius 2 is 1.89 bits per heavy atom. The predicted molar refractivity (Wildman–Crippen MR) is 75.1 cm³/mol. The van der Waals surface area contributed by atoms with Gasteiger partial charge in [0.1, 0.15) is 5.75 Å². The zero-order valence-corrected chi connectivity index (χ0v) is 12.2. The Morgan fingerprint density at radius 1 is 1.21 bits per heavy atom. The molecule has 0 atom stereocenters. The number of carbonyl (C=O) groups excluding carboxylic acids is 1. The summed E-state index contributed by atoms with van der Waals surface area (Å²) in [6.07, 6.45) is 4.83. The maximum Gasteiger partial charge on any atom is 0.185 e. The molecule has 5 heteroatoms. The fourth-order valence-electron chi connectivity index (χ4n) is 2.47. The van der Waals surface area contributed by atoms with Gasteiger partial charge in [-0.3, -0.25) is 4.79 Å². The first kappa shape index (κ1) is 14.5. The van der Waals surface area contributed by atoms with E-state index in [1.54, 1.807) is 12.1 Å². The summed E-state index contributed by atoms with van der Waals surface area (Å²) in [6.45, 7) is 0. The maximum absolute atomic E-state index is 12.2. The van der Waals surface area contributed by atoms with Crippen molar-refractivity contribution in [2.45, 2.75) is 37.0 Å². The summed E-state index contributed by atoms with van der Waals surface area (Å²) in [5.74, 6) is -0.639. The molecule has 0 aromatic heterocycles. The van der Waals surface area contributed by atoms with Crippen LogP contribution in [0.15, 0.2) is 29.2 Å². The van der Waals surface area contributed by atoms with Crippen molar-refractivity contribution in [3.8, 4) is 0 Å². The predicted octanol–water partition coefficient (Wildman–Crippen LogP) is 3.26. The van der Waals surface area contributed by atoms with Crippen molar-refractivity contribution in [3.63, 3.8) is 0 Å². The van der Waals surface area contributed by atoms with Gasteiger partial charge < -0.3 is 0 Å². The van der Waals surface area contributed by atoms with Gasteiger partial charge in [-0.1, -0.05) is 36.9 Å². The Morgan fingerprint density at radius 3 is 2.53 bits per heavy atom. The average Bonchev–Trinajstić information content (AvgIpc) is 2.39. The van der Waals surface area contributed by atoms with Crippen LogP contribution in [0.3, 0.4) is 0 Å². The van der Waals surface area contributed by atoms with Crippen molar-refractivity contribution in [2.24, 2.45) is 5.92 Å². The summed E-state index contributed by atoms with van der Waals surface area (Å²) >= 11 is 5.79. The average molecular weight is 301 g/mol. The fraction of sp³-hybridized carbons (Fsp3) is 0.500. The van der Waals surface area contributed by atoms with E-state index in [1.807, 2.05) is 0 Å². The highest BCUT2D eigenvalue weighted by Gasteiger charge is 2.26. The first-order chi connectivity index (χ1) is 8.99. The lowest BCUT2D eigenvalue weighted by molar-refractivity contribution is -0.121. The lowest BCUT2D eigenvalue weighted by Crippen LogP contribution is -2.25. The number of carbonyl (C=O) groups is 1. The molecule has 0 N–H and O–H groups in total. The summed E-state index contributed by atoms with van der Waals surface area (Å²) in [5.41, 5.74) is 0. The number of ketones is 1. The van der Waals surface area contributed by atoms with E-state index in [0.29, 0.717) is 5.02 Å². The maximum atomic E-state index is 12.2. The SMILES string of the molecule is O=C(CS(=O)(=O)c1cccc(Cl)c1)C1CCCCC1. The number of halogens is 1. The van der Waals surface area contributed by atoms with Gasteiger partial charge in [0.15, 0.2) is 15.6 Å². The van der Waals surface area contributed by atoms with Crippen LogP contribution < -0.4 is 0 Å². The first-order valence-electron chi connectivity index (χ1n) is 6.50. The number of sulfone groups is 1. The number of Topliss-reactive ketones (excluding diaryl/α,β-unsaturated/α-hetero) is 1. The number of hydrogen-bond donors (Lipinski definition) is 0. The standard InChI is InChI=1S/C14H17ClO3S/c15-12-7-4-8-13(9-12)19(17,18)10-14(16)11-5-2-1-3-6-11/h4,7-9,11H,1-3,5-6,10H2. The molecular weight excluding hydrogens is 284 g/mol. The minimum Gasteiger partial charge on any atom is -0.298 e. The quantitative estimate of drug-likeness (QED) is 0.857. The van der Waals surface area contributed by atoms with Crippen LogP contribution in [0, 0.1) is 5.92 Å². The van der Waals surface area contributed by atoms with E-state index in [4.69, 9.17) is 11.6 Å². The van der Waals surface area contributed by atoms with Gasteiger partial charge in [0.25, 0.3) is 0 Å². The van der Waals surface area contributed by atoms with E-state index in [0.717, 1.165) is 32.1 Å². The Kier molecular flexibility index (Phi) is 4.63. The highest BCUT2D eigenvalue weighted by atomic mass is 35.5. The second kappa shape index (κ2) is 6.06. The van der Waals surface area contributed by atoms with Crippen LogP contribution in [0.4, 0.5) is 0 Å². The third kappa shape index (κ3) is 3.80. The van der Waals surface area contributed by atoms with E-state index in [-0.39, 0.29) is 16.6 Å². The molecular formula is C14H17ClO3S. The topological polar surface area (TPSA) is 51.2 Å². The molecule has 19 heavy (non-hydrogen) atoms. The van der Waals surface area contributed by atoms with Gasteiger partial charge in [-0.2, -0.15) is 0 Å². The molecule has 1 aromatic rings. The molecule has 0 heterocycles. The van der Waals surface area contributed by atoms with Crippen LogP contribution in [0.2, 0.25) is 5.02 Å². The smallest absolute Gasteiger partial charge is 0.185 e. The van der Waals surface area contributed by atoms with Crippen molar-refractivity contribution in [1.29, 1.82) is 0 Å². The van der Waals surface area contributed by atoms with Crippen molar-refractivity contribution in [1.82, 2.24) is 0 Å². The summed E-state index contributed by atoms with van der Waals surface area (Å²) in [7, 11) is -3.57. The molecule has 2 rings (SSSR count). The molecule has 1 saturated carbocycles. The molecule has 0 radical (unpaired) electrons. The van der Waals surface area contributed by atoms with Gasteiger partial charge in [-0.25, -0.2) is 8.42 Å². The van der Waals surface area contributed by atoms with Crippen molar-refractivity contribution in [3.05, 3.63) is 29.3 Å². The fourth-order valence-corrected chi connectivity index (χ4v) is 4.10. The monoisotopic (exact) mass is 300 g/mol. The van der Waals surface area contributed by atoms with E-state index in [1.165, 1.54) is 12.1 Å². The van der Waals surface area contributed by atoms with E-state index < -0.39 is 15.6 Å². The minimum absolute atomic E-state index is 0.0808.